The van der Waals surface area contributed by atoms with Gasteiger partial charge in [0.05, 0.1) is 23.5 Å². The summed E-state index contributed by atoms with van der Waals surface area (Å²) in [6, 6.07) is 13.1. The normalized spacial score (nSPS) is 16.8. The monoisotopic (exact) mass is 370 g/mol. The van der Waals surface area contributed by atoms with Crippen molar-refractivity contribution in [2.24, 2.45) is 0 Å². The van der Waals surface area contributed by atoms with Crippen LogP contribution in [0.2, 0.25) is 0 Å². The lowest BCUT2D eigenvalue weighted by Crippen LogP contribution is -2.31. The van der Waals surface area contributed by atoms with Crippen molar-refractivity contribution in [3.63, 3.8) is 0 Å². The first-order chi connectivity index (χ1) is 12.5. The number of rotatable bonds is 6. The van der Waals surface area contributed by atoms with Gasteiger partial charge in [-0.25, -0.2) is 4.90 Å². The van der Waals surface area contributed by atoms with Crippen molar-refractivity contribution >= 4 is 35.2 Å². The maximum absolute atomic E-state index is 12.8. The van der Waals surface area contributed by atoms with Crippen LogP contribution < -0.4 is 14.7 Å². The molecule has 1 heterocycles. The summed E-state index contributed by atoms with van der Waals surface area (Å²) in [6.45, 7) is 2.23. The molecule has 7 heteroatoms. The highest BCUT2D eigenvalue weighted by molar-refractivity contribution is 8.00. The van der Waals surface area contributed by atoms with Crippen molar-refractivity contribution in [2.45, 2.75) is 23.5 Å². The van der Waals surface area contributed by atoms with Gasteiger partial charge in [-0.1, -0.05) is 30.3 Å². The van der Waals surface area contributed by atoms with Gasteiger partial charge in [0.2, 0.25) is 11.8 Å². The van der Waals surface area contributed by atoms with E-state index in [4.69, 9.17) is 4.74 Å². The first kappa shape index (κ1) is 18.0. The summed E-state index contributed by atoms with van der Waals surface area (Å²) >= 11 is 1.06. The van der Waals surface area contributed by atoms with Crippen molar-refractivity contribution < 1.29 is 24.2 Å². The number of imide groups is 1. The number of benzene rings is 2. The predicted molar refractivity (Wildman–Crippen MR) is 95.1 cm³/mol. The highest BCUT2D eigenvalue weighted by Gasteiger charge is 2.41. The minimum atomic E-state index is -1.32. The minimum Gasteiger partial charge on any atom is -0.545 e. The number of amides is 2. The number of thioether (sulfide) groups is 1. The van der Waals surface area contributed by atoms with E-state index < -0.39 is 11.2 Å². The van der Waals surface area contributed by atoms with E-state index in [9.17, 15) is 19.5 Å². The molecule has 0 unspecified atom stereocenters. The molecule has 0 spiro atoms. The SMILES string of the molecule is CCOc1ccccc1N1C(=O)C[C@H](Sc2ccccc2C(=O)[O-])C1=O. The molecular formula is C19H16NO5S-. The molecule has 26 heavy (non-hydrogen) atoms. The average molecular weight is 370 g/mol. The summed E-state index contributed by atoms with van der Waals surface area (Å²) in [5, 5.41) is 10.5. The Kier molecular flexibility index (Phi) is 5.27. The van der Waals surface area contributed by atoms with Crippen LogP contribution in [0.5, 0.6) is 5.75 Å². The molecule has 1 aliphatic heterocycles. The van der Waals surface area contributed by atoms with Gasteiger partial charge in [-0.2, -0.15) is 0 Å². The van der Waals surface area contributed by atoms with Crippen LogP contribution in [0, 0.1) is 0 Å². The van der Waals surface area contributed by atoms with E-state index in [0.29, 0.717) is 22.9 Å². The van der Waals surface area contributed by atoms with Gasteiger partial charge >= 0.3 is 0 Å². The number of anilines is 1. The molecule has 0 bridgehead atoms. The zero-order valence-electron chi connectivity index (χ0n) is 14.0. The number of hydrogen-bond acceptors (Lipinski definition) is 6. The molecule has 1 aliphatic rings. The number of nitrogens with zero attached hydrogens (tertiary/aromatic N) is 1. The van der Waals surface area contributed by atoms with E-state index in [2.05, 4.69) is 0 Å². The largest absolute Gasteiger partial charge is 0.545 e. The molecule has 1 atom stereocenters. The third-order valence-corrected chi connectivity index (χ3v) is 5.15. The van der Waals surface area contributed by atoms with E-state index >= 15 is 0 Å². The predicted octanol–water partition coefficient (Wildman–Crippen LogP) is 1.87. The summed E-state index contributed by atoms with van der Waals surface area (Å²) in [5.41, 5.74) is 0.409. The van der Waals surface area contributed by atoms with Gasteiger partial charge in [-0.05, 0) is 25.1 Å². The fourth-order valence-corrected chi connectivity index (χ4v) is 3.93. The number of carbonyl (C=O) groups is 3. The van der Waals surface area contributed by atoms with Gasteiger partial charge in [0.15, 0.2) is 0 Å². The topological polar surface area (TPSA) is 86.7 Å². The Bertz CT molecular complexity index is 867. The fourth-order valence-electron chi connectivity index (χ4n) is 2.76. The van der Waals surface area contributed by atoms with E-state index in [-0.39, 0.29) is 23.8 Å². The molecule has 1 saturated heterocycles. The summed E-state index contributed by atoms with van der Waals surface area (Å²) < 4.78 is 5.51. The first-order valence-corrected chi connectivity index (χ1v) is 8.96. The van der Waals surface area contributed by atoms with Gasteiger partial charge in [0.25, 0.3) is 0 Å². The second kappa shape index (κ2) is 7.61. The quantitative estimate of drug-likeness (QED) is 0.722. The Morgan fingerprint density at radius 1 is 1.19 bits per heavy atom. The first-order valence-electron chi connectivity index (χ1n) is 8.08. The molecule has 2 amide bonds. The Morgan fingerprint density at radius 3 is 2.62 bits per heavy atom. The van der Waals surface area contributed by atoms with Crippen molar-refractivity contribution in [3.05, 3.63) is 54.1 Å². The lowest BCUT2D eigenvalue weighted by molar-refractivity contribution is -0.255. The molecule has 0 radical (unpaired) electrons. The second-order valence-electron chi connectivity index (χ2n) is 5.56. The second-order valence-corrected chi connectivity index (χ2v) is 6.81. The van der Waals surface area contributed by atoms with E-state index in [0.717, 1.165) is 16.7 Å². The van der Waals surface area contributed by atoms with Crippen LogP contribution in [-0.2, 0) is 9.59 Å². The van der Waals surface area contributed by atoms with Crippen molar-refractivity contribution in [1.82, 2.24) is 0 Å². The van der Waals surface area contributed by atoms with Crippen molar-refractivity contribution in [2.75, 3.05) is 11.5 Å². The van der Waals surface area contributed by atoms with Crippen LogP contribution in [0.4, 0.5) is 5.69 Å². The molecule has 6 nitrogen and oxygen atoms in total. The fraction of sp³-hybridized carbons (Fsp3) is 0.211. The number of para-hydroxylation sites is 2. The Hall–Kier alpha value is -2.80. The van der Waals surface area contributed by atoms with Crippen LogP contribution in [0.3, 0.4) is 0 Å². The Labute approximate surface area is 154 Å². The molecule has 0 aromatic heterocycles. The summed E-state index contributed by atoms with van der Waals surface area (Å²) in [4.78, 5) is 38.0. The summed E-state index contributed by atoms with van der Waals surface area (Å²) in [7, 11) is 0. The minimum absolute atomic E-state index is 0.00548. The number of carboxylic acids is 1. The third kappa shape index (κ3) is 3.43. The molecular weight excluding hydrogens is 354 g/mol. The van der Waals surface area contributed by atoms with Crippen LogP contribution in [0.1, 0.15) is 23.7 Å². The van der Waals surface area contributed by atoms with Gasteiger partial charge < -0.3 is 14.6 Å². The van der Waals surface area contributed by atoms with Gasteiger partial charge in [0.1, 0.15) is 5.75 Å². The average Bonchev–Trinajstić information content (AvgIpc) is 2.90. The third-order valence-electron chi connectivity index (χ3n) is 3.89. The van der Waals surface area contributed by atoms with Gasteiger partial charge in [0, 0.05) is 16.9 Å². The highest BCUT2D eigenvalue weighted by Crippen LogP contribution is 2.38. The van der Waals surface area contributed by atoms with E-state index in [1.165, 1.54) is 6.07 Å². The maximum atomic E-state index is 12.8. The molecule has 0 aliphatic carbocycles. The number of aromatic carboxylic acids is 1. The van der Waals surface area contributed by atoms with Gasteiger partial charge in [-0.3, -0.25) is 9.59 Å². The lowest BCUT2D eigenvalue weighted by atomic mass is 10.2. The van der Waals surface area contributed by atoms with E-state index in [1.54, 1.807) is 42.5 Å². The van der Waals surface area contributed by atoms with Crippen LogP contribution >= 0.6 is 11.8 Å². The van der Waals surface area contributed by atoms with Crippen molar-refractivity contribution in [3.8, 4) is 5.75 Å². The zero-order chi connectivity index (χ0) is 18.7. The number of hydrogen-bond donors (Lipinski definition) is 0. The standard InChI is InChI=1S/C19H17NO5S/c1-2-25-14-9-5-4-8-13(14)20-17(21)11-16(18(20)22)26-15-10-6-3-7-12(15)19(23)24/h3-10,16H,2,11H2,1H3,(H,23,24)/p-1/t16-/m0/s1. The maximum Gasteiger partial charge on any atom is 0.247 e. The Balaban J connectivity index is 1.88. The molecule has 0 saturated carbocycles. The Morgan fingerprint density at radius 2 is 1.88 bits per heavy atom. The molecule has 1 fully saturated rings. The van der Waals surface area contributed by atoms with E-state index in [1.807, 2.05) is 6.92 Å². The van der Waals surface area contributed by atoms with Crippen molar-refractivity contribution in [1.29, 1.82) is 0 Å². The number of carboxylic acid groups (broad SMARTS) is 1. The molecule has 2 aromatic rings. The lowest BCUT2D eigenvalue weighted by Gasteiger charge is -2.19. The summed E-state index contributed by atoms with van der Waals surface area (Å²) in [6.07, 6.45) is -0.00859. The molecule has 3 rings (SSSR count). The number of carbonyl (C=O) groups excluding carboxylic acids is 3. The smallest absolute Gasteiger partial charge is 0.247 e. The number of ether oxygens (including phenoxy) is 1. The van der Waals surface area contributed by atoms with Gasteiger partial charge in [-0.15, -0.1) is 11.8 Å². The van der Waals surface area contributed by atoms with Crippen LogP contribution in [-0.4, -0.2) is 29.6 Å². The zero-order valence-corrected chi connectivity index (χ0v) is 14.8. The highest BCUT2D eigenvalue weighted by atomic mass is 32.2. The van der Waals surface area contributed by atoms with Crippen LogP contribution in [0.15, 0.2) is 53.4 Å². The van der Waals surface area contributed by atoms with Crippen LogP contribution in [0.25, 0.3) is 0 Å². The molecule has 0 N–H and O–H groups in total. The summed E-state index contributed by atoms with van der Waals surface area (Å²) in [5.74, 6) is -1.59. The molecule has 2 aromatic carbocycles. The molecule has 134 valence electrons.